The van der Waals surface area contributed by atoms with Gasteiger partial charge in [0, 0.05) is 29.2 Å². The van der Waals surface area contributed by atoms with Gasteiger partial charge in [-0.3, -0.25) is 4.79 Å². The van der Waals surface area contributed by atoms with Gasteiger partial charge in [-0.2, -0.15) is 5.10 Å². The number of aromatic nitrogens is 1. The second-order valence-corrected chi connectivity index (χ2v) is 7.42. The van der Waals surface area contributed by atoms with Crippen LogP contribution in [0.4, 0.5) is 0 Å². The van der Waals surface area contributed by atoms with Crippen LogP contribution in [0.1, 0.15) is 22.4 Å². The van der Waals surface area contributed by atoms with Crippen molar-refractivity contribution in [3.05, 3.63) is 101 Å². The van der Waals surface area contributed by atoms with Crippen molar-refractivity contribution in [3.63, 3.8) is 0 Å². The highest BCUT2D eigenvalue weighted by atomic mass is 16.5. The lowest BCUT2D eigenvalue weighted by Crippen LogP contribution is -2.20. The number of hydrogen-bond donors (Lipinski definition) is 2. The van der Waals surface area contributed by atoms with Gasteiger partial charge in [0.15, 0.2) is 0 Å². The number of nitrogens with one attached hydrogen (secondary N) is 2. The second kappa shape index (κ2) is 9.76. The maximum absolute atomic E-state index is 12.4. The molecule has 2 N–H and O–H groups in total. The number of aryl methyl sites for hydroxylation is 1. The van der Waals surface area contributed by atoms with Gasteiger partial charge in [0.25, 0.3) is 0 Å². The van der Waals surface area contributed by atoms with Crippen molar-refractivity contribution in [2.24, 2.45) is 5.10 Å². The molecule has 0 unspecified atom stereocenters. The molecule has 0 radical (unpaired) electrons. The summed E-state index contributed by atoms with van der Waals surface area (Å²) in [5.74, 6) is 0.627. The van der Waals surface area contributed by atoms with Crippen molar-refractivity contribution in [2.45, 2.75) is 26.4 Å². The van der Waals surface area contributed by atoms with Crippen LogP contribution in [0.2, 0.25) is 0 Å². The third-order valence-electron chi connectivity index (χ3n) is 5.13. The van der Waals surface area contributed by atoms with Gasteiger partial charge in [-0.05, 0) is 41.8 Å². The number of carbonyl (C=O) groups excluding carboxylic acids is 1. The molecule has 0 fully saturated rings. The average molecular weight is 412 g/mol. The first-order valence-corrected chi connectivity index (χ1v) is 10.3. The fourth-order valence-corrected chi connectivity index (χ4v) is 3.50. The van der Waals surface area contributed by atoms with E-state index in [1.54, 1.807) is 6.21 Å². The van der Waals surface area contributed by atoms with E-state index in [4.69, 9.17) is 4.74 Å². The molecule has 1 aromatic heterocycles. The molecule has 1 amide bonds. The number of aromatic amines is 1. The second-order valence-electron chi connectivity index (χ2n) is 7.42. The minimum atomic E-state index is -0.149. The number of rotatable bonds is 8. The zero-order chi connectivity index (χ0) is 21.5. The zero-order valence-electron chi connectivity index (χ0n) is 17.5. The number of fused-ring (bicyclic) bond motifs is 1. The number of hydrazone groups is 1. The van der Waals surface area contributed by atoms with Crippen molar-refractivity contribution in [1.82, 2.24) is 10.4 Å². The monoisotopic (exact) mass is 411 g/mol. The Hall–Kier alpha value is -3.86. The summed E-state index contributed by atoms with van der Waals surface area (Å²) >= 11 is 0. The Kier molecular flexibility index (Phi) is 6.43. The highest BCUT2D eigenvalue weighted by Crippen LogP contribution is 2.27. The highest BCUT2D eigenvalue weighted by Gasteiger charge is 2.13. The maximum Gasteiger partial charge on any atom is 0.244 e. The molecule has 0 aliphatic rings. The van der Waals surface area contributed by atoms with Crippen LogP contribution in [-0.2, 0) is 24.2 Å². The van der Waals surface area contributed by atoms with E-state index in [0.29, 0.717) is 13.0 Å². The number of hydrogen-bond acceptors (Lipinski definition) is 3. The molecule has 4 rings (SSSR count). The van der Waals surface area contributed by atoms with Crippen molar-refractivity contribution in [1.29, 1.82) is 0 Å². The first kappa shape index (κ1) is 20.4. The van der Waals surface area contributed by atoms with Crippen molar-refractivity contribution in [2.75, 3.05) is 0 Å². The Morgan fingerprint density at radius 1 is 1.00 bits per heavy atom. The molecule has 0 saturated carbocycles. The van der Waals surface area contributed by atoms with E-state index >= 15 is 0 Å². The lowest BCUT2D eigenvalue weighted by Gasteiger charge is -2.07. The van der Waals surface area contributed by atoms with Crippen molar-refractivity contribution >= 4 is 23.0 Å². The summed E-state index contributed by atoms with van der Waals surface area (Å²) in [6, 6.07) is 26.0. The molecule has 3 aromatic carbocycles. The molecule has 156 valence electrons. The predicted molar refractivity (Wildman–Crippen MR) is 124 cm³/mol. The van der Waals surface area contributed by atoms with E-state index in [9.17, 15) is 4.79 Å². The zero-order valence-corrected chi connectivity index (χ0v) is 17.5. The Morgan fingerprint density at radius 3 is 2.45 bits per heavy atom. The van der Waals surface area contributed by atoms with E-state index in [1.807, 2.05) is 85.8 Å². The fraction of sp³-hybridized carbons (Fsp3) is 0.154. The quantitative estimate of drug-likeness (QED) is 0.318. The lowest BCUT2D eigenvalue weighted by atomic mass is 10.1. The largest absolute Gasteiger partial charge is 0.489 e. The van der Waals surface area contributed by atoms with Crippen LogP contribution in [0, 0.1) is 6.92 Å². The fourth-order valence-electron chi connectivity index (χ4n) is 3.50. The van der Waals surface area contributed by atoms with Crippen molar-refractivity contribution in [3.8, 4) is 5.75 Å². The van der Waals surface area contributed by atoms with Gasteiger partial charge in [0.05, 0.1) is 6.42 Å². The van der Waals surface area contributed by atoms with Gasteiger partial charge in [-0.1, -0.05) is 60.7 Å². The highest BCUT2D eigenvalue weighted by molar-refractivity contribution is 5.91. The van der Waals surface area contributed by atoms with E-state index in [0.717, 1.165) is 39.0 Å². The summed E-state index contributed by atoms with van der Waals surface area (Å²) in [5, 5.41) is 5.07. The topological polar surface area (TPSA) is 66.5 Å². The first-order chi connectivity index (χ1) is 15.2. The van der Waals surface area contributed by atoms with Gasteiger partial charge in [-0.15, -0.1) is 0 Å². The minimum Gasteiger partial charge on any atom is -0.489 e. The summed E-state index contributed by atoms with van der Waals surface area (Å²) < 4.78 is 5.95. The van der Waals surface area contributed by atoms with E-state index < -0.39 is 0 Å². The number of carbonyl (C=O) groups is 1. The number of ether oxygens (including phenoxy) is 1. The van der Waals surface area contributed by atoms with Crippen LogP contribution in [0.25, 0.3) is 10.9 Å². The van der Waals surface area contributed by atoms with Gasteiger partial charge in [-0.25, -0.2) is 5.43 Å². The van der Waals surface area contributed by atoms with Crippen LogP contribution < -0.4 is 10.2 Å². The van der Waals surface area contributed by atoms with Crippen LogP contribution >= 0.6 is 0 Å². The minimum absolute atomic E-state index is 0.149. The summed E-state index contributed by atoms with van der Waals surface area (Å²) in [7, 11) is 0. The van der Waals surface area contributed by atoms with Gasteiger partial charge in [0.1, 0.15) is 12.4 Å². The molecule has 5 nitrogen and oxygen atoms in total. The average Bonchev–Trinajstić information content (AvgIpc) is 3.11. The van der Waals surface area contributed by atoms with Gasteiger partial charge in [0.2, 0.25) is 5.91 Å². The van der Waals surface area contributed by atoms with Crippen LogP contribution in [0.15, 0.2) is 84.0 Å². The summed E-state index contributed by atoms with van der Waals surface area (Å²) in [6.45, 7) is 2.48. The van der Waals surface area contributed by atoms with Gasteiger partial charge >= 0.3 is 0 Å². The predicted octanol–water partition coefficient (Wildman–Crippen LogP) is 4.94. The molecule has 0 aliphatic carbocycles. The van der Waals surface area contributed by atoms with Crippen LogP contribution in [-0.4, -0.2) is 17.1 Å². The number of H-pyrrole nitrogens is 1. The first-order valence-electron chi connectivity index (χ1n) is 10.3. The van der Waals surface area contributed by atoms with E-state index in [-0.39, 0.29) is 12.3 Å². The Morgan fingerprint density at radius 2 is 1.71 bits per heavy atom. The Labute approximate surface area is 181 Å². The van der Waals surface area contributed by atoms with E-state index in [2.05, 4.69) is 15.5 Å². The smallest absolute Gasteiger partial charge is 0.244 e. The number of amides is 1. The SMILES string of the molecule is Cc1[nH]c2ccc(OCc3ccccc3)cc2c1CC(=O)N/N=C\Cc1ccccc1. The molecule has 5 heteroatoms. The maximum atomic E-state index is 12.4. The van der Waals surface area contributed by atoms with E-state index in [1.165, 1.54) is 0 Å². The number of benzene rings is 3. The molecule has 1 heterocycles. The third kappa shape index (κ3) is 5.39. The molecule has 4 aromatic rings. The standard InChI is InChI=1S/C26H25N3O2/c1-19-23(17-26(30)29-27-15-14-20-8-4-2-5-9-20)24-16-22(12-13-25(24)28-19)31-18-21-10-6-3-7-11-21/h2-13,15-16,28H,14,17-18H2,1H3,(H,29,30)/b27-15-. The summed E-state index contributed by atoms with van der Waals surface area (Å²) in [4.78, 5) is 15.8. The molecular weight excluding hydrogens is 386 g/mol. The summed E-state index contributed by atoms with van der Waals surface area (Å²) in [6.07, 6.45) is 2.64. The molecular formula is C26H25N3O2. The van der Waals surface area contributed by atoms with Gasteiger partial charge < -0.3 is 9.72 Å². The third-order valence-corrected chi connectivity index (χ3v) is 5.13. The molecule has 0 bridgehead atoms. The molecule has 0 aliphatic heterocycles. The van der Waals surface area contributed by atoms with Crippen molar-refractivity contribution < 1.29 is 9.53 Å². The molecule has 0 saturated heterocycles. The van der Waals surface area contributed by atoms with Crippen LogP contribution in [0.3, 0.4) is 0 Å². The summed E-state index contributed by atoms with van der Waals surface area (Å²) in [5.41, 5.74) is 7.80. The Bertz CT molecular complexity index is 1180. The van der Waals surface area contributed by atoms with Crippen LogP contribution in [0.5, 0.6) is 5.75 Å². The number of nitrogens with zero attached hydrogens (tertiary/aromatic N) is 1. The molecule has 31 heavy (non-hydrogen) atoms. The lowest BCUT2D eigenvalue weighted by molar-refractivity contribution is -0.120. The Balaban J connectivity index is 1.40. The molecule has 0 spiro atoms. The normalized spacial score (nSPS) is 11.1. The molecule has 0 atom stereocenters.